The highest BCUT2D eigenvalue weighted by Crippen LogP contribution is 2.28. The van der Waals surface area contributed by atoms with E-state index in [4.69, 9.17) is 0 Å². The van der Waals surface area contributed by atoms with Crippen LogP contribution >= 0.6 is 0 Å². The van der Waals surface area contributed by atoms with Gasteiger partial charge in [0, 0.05) is 48.7 Å². The molecule has 2 N–H and O–H groups in total. The van der Waals surface area contributed by atoms with Crippen LogP contribution in [0.2, 0.25) is 0 Å². The number of carbonyl (C=O) groups is 1. The molecule has 0 radical (unpaired) electrons. The lowest BCUT2D eigenvalue weighted by molar-refractivity contribution is 0.188. The van der Waals surface area contributed by atoms with Crippen molar-refractivity contribution in [2.75, 3.05) is 20.1 Å². The van der Waals surface area contributed by atoms with Crippen molar-refractivity contribution in [2.45, 2.75) is 37.9 Å². The number of H-pyrrole nitrogens is 1. The molecule has 0 unspecified atom stereocenters. The summed E-state index contributed by atoms with van der Waals surface area (Å²) in [6.45, 7) is 1.95. The molecule has 1 aromatic carbocycles. The predicted molar refractivity (Wildman–Crippen MR) is 97.6 cm³/mol. The molecule has 6 heteroatoms. The van der Waals surface area contributed by atoms with Crippen molar-refractivity contribution in [3.63, 3.8) is 0 Å². The Morgan fingerprint density at radius 1 is 1.24 bits per heavy atom. The van der Waals surface area contributed by atoms with E-state index in [-0.39, 0.29) is 11.6 Å². The average molecular weight is 340 g/mol. The third-order valence-electron chi connectivity index (χ3n) is 5.70. The number of pyridine rings is 1. The second-order valence-electron chi connectivity index (χ2n) is 7.15. The number of hydrogen-bond acceptors (Lipinski definition) is 3. The van der Waals surface area contributed by atoms with Gasteiger partial charge in [-0.15, -0.1) is 0 Å². The molecule has 3 heterocycles. The third kappa shape index (κ3) is 3.14. The Hall–Kier alpha value is -2.34. The number of para-hydroxylation sites is 1. The number of nitrogens with one attached hydrogen (secondary N) is 2. The molecule has 6 nitrogen and oxygen atoms in total. The van der Waals surface area contributed by atoms with Crippen LogP contribution in [-0.4, -0.2) is 53.0 Å². The molecule has 1 aromatic heterocycles. The first-order valence-electron chi connectivity index (χ1n) is 8.97. The number of hydrogen-bond donors (Lipinski definition) is 2. The summed E-state index contributed by atoms with van der Waals surface area (Å²) in [6.07, 6.45) is 3.45. The Bertz CT molecular complexity index is 847. The Labute approximate surface area is 146 Å². The summed E-state index contributed by atoms with van der Waals surface area (Å²) in [4.78, 5) is 31.7. The molecule has 0 spiro atoms. The lowest BCUT2D eigenvalue weighted by Crippen LogP contribution is -2.44. The fourth-order valence-electron chi connectivity index (χ4n) is 4.20. The Balaban J connectivity index is 1.47. The second-order valence-corrected chi connectivity index (χ2v) is 7.15. The van der Waals surface area contributed by atoms with E-state index >= 15 is 0 Å². The van der Waals surface area contributed by atoms with Crippen LogP contribution in [0, 0.1) is 0 Å². The number of urea groups is 1. The summed E-state index contributed by atoms with van der Waals surface area (Å²) in [5.41, 5.74) is 1.51. The van der Waals surface area contributed by atoms with Crippen LogP contribution in [0.15, 0.2) is 35.1 Å². The van der Waals surface area contributed by atoms with Gasteiger partial charge < -0.3 is 15.2 Å². The van der Waals surface area contributed by atoms with Crippen molar-refractivity contribution in [1.82, 2.24) is 20.1 Å². The van der Waals surface area contributed by atoms with E-state index in [1.165, 1.54) is 12.8 Å². The molecule has 25 heavy (non-hydrogen) atoms. The minimum atomic E-state index is -0.142. The van der Waals surface area contributed by atoms with E-state index in [1.807, 2.05) is 29.2 Å². The van der Waals surface area contributed by atoms with E-state index in [0.29, 0.717) is 18.6 Å². The predicted octanol–water partition coefficient (Wildman–Crippen LogP) is 1.91. The number of likely N-dealkylation sites (N-methyl/N-ethyl adjacent to an activating group) is 1. The molecule has 132 valence electrons. The second kappa shape index (κ2) is 6.52. The minimum absolute atomic E-state index is 0.0367. The highest BCUT2D eigenvalue weighted by atomic mass is 16.2. The normalized spacial score (nSPS) is 23.6. The summed E-state index contributed by atoms with van der Waals surface area (Å²) in [5, 5.41) is 3.98. The van der Waals surface area contributed by atoms with Crippen LogP contribution in [0.25, 0.3) is 10.9 Å². The summed E-state index contributed by atoms with van der Waals surface area (Å²) in [5.74, 6) is 0. The molecule has 2 fully saturated rings. The van der Waals surface area contributed by atoms with Crippen LogP contribution in [0.3, 0.4) is 0 Å². The Morgan fingerprint density at radius 2 is 2.04 bits per heavy atom. The van der Waals surface area contributed by atoms with Crippen molar-refractivity contribution in [2.24, 2.45) is 0 Å². The number of carbonyl (C=O) groups excluding carboxylic acids is 1. The molecular weight excluding hydrogens is 316 g/mol. The van der Waals surface area contributed by atoms with Crippen molar-refractivity contribution in [3.05, 3.63) is 46.2 Å². The number of rotatable bonds is 2. The highest BCUT2D eigenvalue weighted by molar-refractivity contribution is 5.82. The first-order valence-corrected chi connectivity index (χ1v) is 8.97. The monoisotopic (exact) mass is 340 g/mol. The van der Waals surface area contributed by atoms with Crippen LogP contribution in [0.4, 0.5) is 4.79 Å². The van der Waals surface area contributed by atoms with Gasteiger partial charge in [-0.05, 0) is 37.9 Å². The van der Waals surface area contributed by atoms with E-state index in [9.17, 15) is 9.59 Å². The molecule has 4 rings (SSSR count). The van der Waals surface area contributed by atoms with Crippen molar-refractivity contribution < 1.29 is 4.79 Å². The number of aromatic nitrogens is 1. The summed E-state index contributed by atoms with van der Waals surface area (Å²) in [6, 6.07) is 10.3. The van der Waals surface area contributed by atoms with E-state index in [2.05, 4.69) is 22.2 Å². The quantitative estimate of drug-likeness (QED) is 0.877. The third-order valence-corrected chi connectivity index (χ3v) is 5.70. The lowest BCUT2D eigenvalue weighted by Gasteiger charge is -2.26. The van der Waals surface area contributed by atoms with E-state index < -0.39 is 0 Å². The number of fused-ring (bicyclic) bond motifs is 3. The van der Waals surface area contributed by atoms with Crippen LogP contribution < -0.4 is 10.9 Å². The van der Waals surface area contributed by atoms with Gasteiger partial charge in [0.05, 0.1) is 0 Å². The summed E-state index contributed by atoms with van der Waals surface area (Å²) < 4.78 is 0. The molecule has 2 aromatic rings. The fourth-order valence-corrected chi connectivity index (χ4v) is 4.20. The SMILES string of the molecule is CN1[C@H]2CC[C@H]1CN(C(=O)NCc1cc(=O)[nH]c3ccccc13)CC2. The smallest absolute Gasteiger partial charge is 0.317 e. The molecule has 2 atom stereocenters. The van der Waals surface area contributed by atoms with Gasteiger partial charge in [-0.25, -0.2) is 4.79 Å². The first-order chi connectivity index (χ1) is 12.1. The number of nitrogens with zero attached hydrogens (tertiary/aromatic N) is 2. The van der Waals surface area contributed by atoms with Crippen molar-refractivity contribution in [1.29, 1.82) is 0 Å². The van der Waals surface area contributed by atoms with Gasteiger partial charge >= 0.3 is 6.03 Å². The van der Waals surface area contributed by atoms with E-state index in [1.54, 1.807) is 6.07 Å². The fraction of sp³-hybridized carbons (Fsp3) is 0.474. The van der Waals surface area contributed by atoms with Crippen molar-refractivity contribution in [3.8, 4) is 0 Å². The summed E-state index contributed by atoms with van der Waals surface area (Å²) in [7, 11) is 2.17. The lowest BCUT2D eigenvalue weighted by atomic mass is 10.1. The molecule has 2 aliphatic heterocycles. The van der Waals surface area contributed by atoms with Crippen molar-refractivity contribution >= 4 is 16.9 Å². The highest BCUT2D eigenvalue weighted by Gasteiger charge is 2.35. The average Bonchev–Trinajstić information content (AvgIpc) is 2.84. The molecular formula is C19H24N4O2. The first kappa shape index (κ1) is 16.1. The molecule has 2 bridgehead atoms. The largest absolute Gasteiger partial charge is 0.334 e. The standard InChI is InChI=1S/C19H24N4O2/c1-22-14-6-7-15(22)12-23(9-8-14)19(25)20-11-13-10-18(24)21-17-5-3-2-4-16(13)17/h2-5,10,14-15H,6-9,11-12H2,1H3,(H,20,25)(H,21,24)/t14-,15-/m0/s1. The Kier molecular flexibility index (Phi) is 4.21. The van der Waals surface area contributed by atoms with Gasteiger partial charge in [-0.2, -0.15) is 0 Å². The Morgan fingerprint density at radius 3 is 2.92 bits per heavy atom. The number of benzene rings is 1. The van der Waals surface area contributed by atoms with Gasteiger partial charge in [0.25, 0.3) is 0 Å². The topological polar surface area (TPSA) is 68.4 Å². The number of amides is 2. The summed E-state index contributed by atoms with van der Waals surface area (Å²) >= 11 is 0. The van der Waals surface area contributed by atoms with Gasteiger partial charge in [0.1, 0.15) is 0 Å². The zero-order valence-electron chi connectivity index (χ0n) is 14.5. The van der Waals surface area contributed by atoms with E-state index in [0.717, 1.165) is 36.0 Å². The van der Waals surface area contributed by atoms with Crippen LogP contribution in [-0.2, 0) is 6.54 Å². The van der Waals surface area contributed by atoms with Gasteiger partial charge in [0.2, 0.25) is 5.56 Å². The molecule has 0 aliphatic carbocycles. The number of likely N-dealkylation sites (tertiary alicyclic amines) is 1. The molecule has 2 aliphatic rings. The molecule has 0 saturated carbocycles. The number of aromatic amines is 1. The minimum Gasteiger partial charge on any atom is -0.334 e. The maximum Gasteiger partial charge on any atom is 0.317 e. The zero-order chi connectivity index (χ0) is 17.4. The van der Waals surface area contributed by atoms with Gasteiger partial charge in [-0.1, -0.05) is 18.2 Å². The van der Waals surface area contributed by atoms with Crippen LogP contribution in [0.5, 0.6) is 0 Å². The molecule has 2 saturated heterocycles. The van der Waals surface area contributed by atoms with Crippen LogP contribution in [0.1, 0.15) is 24.8 Å². The zero-order valence-corrected chi connectivity index (χ0v) is 14.5. The van der Waals surface area contributed by atoms with Gasteiger partial charge in [0.15, 0.2) is 0 Å². The maximum atomic E-state index is 12.6. The van der Waals surface area contributed by atoms with Gasteiger partial charge in [-0.3, -0.25) is 9.69 Å². The molecule has 2 amide bonds. The maximum absolute atomic E-state index is 12.6.